The number of nitrogens with zero attached hydrogens (tertiary/aromatic N) is 3. The third kappa shape index (κ3) is 6.40. The zero-order chi connectivity index (χ0) is 22.0. The van der Waals surface area contributed by atoms with Crippen LogP contribution in [0.2, 0.25) is 0 Å². The molecule has 1 atom stereocenters. The monoisotopic (exact) mass is 439 g/mol. The number of dihydropyridines is 1. The van der Waals surface area contributed by atoms with Gasteiger partial charge in [0.2, 0.25) is 5.92 Å². The van der Waals surface area contributed by atoms with Crippen molar-refractivity contribution in [1.82, 2.24) is 0 Å². The first-order valence-corrected chi connectivity index (χ1v) is 12.6. The Morgan fingerprint density at radius 2 is 2.00 bits per heavy atom. The molecular weight excluding hydrogens is 408 g/mol. The SMILES string of the molecule is CC1=CC2=CC(CCC(C)(F)F)=NCC2C(C=NC2(CCS(C)(=O)=O)CCCC2)=N1. The molecular formula is C22H31F2N3O2S. The number of hydrogen-bond donors (Lipinski definition) is 0. The first-order chi connectivity index (χ1) is 13.9. The summed E-state index contributed by atoms with van der Waals surface area (Å²) in [7, 11) is -3.04. The maximum absolute atomic E-state index is 13.2. The van der Waals surface area contributed by atoms with E-state index in [1.54, 1.807) is 0 Å². The predicted molar refractivity (Wildman–Crippen MR) is 119 cm³/mol. The van der Waals surface area contributed by atoms with Crippen LogP contribution in [0.1, 0.15) is 58.8 Å². The average molecular weight is 440 g/mol. The highest BCUT2D eigenvalue weighted by atomic mass is 32.2. The average Bonchev–Trinajstić information content (AvgIpc) is 3.11. The Morgan fingerprint density at radius 3 is 2.63 bits per heavy atom. The van der Waals surface area contributed by atoms with Crippen molar-refractivity contribution in [3.63, 3.8) is 0 Å². The molecule has 2 aliphatic heterocycles. The summed E-state index contributed by atoms with van der Waals surface area (Å²) in [5.74, 6) is -2.59. The topological polar surface area (TPSA) is 71.2 Å². The van der Waals surface area contributed by atoms with Crippen LogP contribution < -0.4 is 0 Å². The van der Waals surface area contributed by atoms with Crippen LogP contribution in [0, 0.1) is 5.92 Å². The third-order valence-corrected chi connectivity index (χ3v) is 6.96. The molecule has 0 spiro atoms. The fourth-order valence-corrected chi connectivity index (χ4v) is 5.04. The van der Waals surface area contributed by atoms with Gasteiger partial charge in [0.25, 0.3) is 0 Å². The van der Waals surface area contributed by atoms with Crippen LogP contribution in [0.4, 0.5) is 8.78 Å². The molecule has 1 saturated carbocycles. The van der Waals surface area contributed by atoms with Gasteiger partial charge in [-0.15, -0.1) is 0 Å². The van der Waals surface area contributed by atoms with E-state index in [2.05, 4.69) is 9.98 Å². The molecule has 0 aromatic carbocycles. The molecule has 166 valence electrons. The van der Waals surface area contributed by atoms with Crippen molar-refractivity contribution >= 4 is 27.5 Å². The van der Waals surface area contributed by atoms with Crippen molar-refractivity contribution in [2.24, 2.45) is 20.9 Å². The van der Waals surface area contributed by atoms with Crippen molar-refractivity contribution in [2.45, 2.75) is 70.3 Å². The zero-order valence-corrected chi connectivity index (χ0v) is 18.8. The summed E-state index contributed by atoms with van der Waals surface area (Å²) in [6.07, 6.45) is 11.4. The largest absolute Gasteiger partial charge is 0.289 e. The van der Waals surface area contributed by atoms with Crippen LogP contribution in [0.15, 0.2) is 38.4 Å². The molecule has 2 heterocycles. The fraction of sp³-hybridized carbons (Fsp3) is 0.682. The van der Waals surface area contributed by atoms with E-state index in [0.29, 0.717) is 18.7 Å². The van der Waals surface area contributed by atoms with Gasteiger partial charge in [0.05, 0.1) is 23.5 Å². The number of hydrogen-bond acceptors (Lipinski definition) is 5. The van der Waals surface area contributed by atoms with Gasteiger partial charge in [-0.3, -0.25) is 15.0 Å². The van der Waals surface area contributed by atoms with Gasteiger partial charge < -0.3 is 0 Å². The Bertz CT molecular complexity index is 919. The van der Waals surface area contributed by atoms with Gasteiger partial charge in [0.15, 0.2) is 0 Å². The van der Waals surface area contributed by atoms with Crippen molar-refractivity contribution in [2.75, 3.05) is 18.6 Å². The summed E-state index contributed by atoms with van der Waals surface area (Å²) >= 11 is 0. The lowest BCUT2D eigenvalue weighted by Gasteiger charge is -2.27. The molecule has 3 aliphatic rings. The molecule has 1 unspecified atom stereocenters. The second-order valence-corrected chi connectivity index (χ2v) is 11.3. The Kier molecular flexibility index (Phi) is 6.75. The molecule has 30 heavy (non-hydrogen) atoms. The molecule has 1 fully saturated rings. The molecule has 0 aromatic rings. The number of halogens is 2. The molecule has 8 heteroatoms. The van der Waals surface area contributed by atoms with Gasteiger partial charge in [0, 0.05) is 36.2 Å². The Balaban J connectivity index is 1.75. The third-order valence-electron chi connectivity index (χ3n) is 6.01. The standard InChI is InChI=1S/C22H31F2N3O2S/c1-16-12-17-13-18(6-9-21(2,23)24)25-14-19(17)20(27-16)15-26-22(7-4-5-8-22)10-11-30(3,28)29/h12-13,15,19H,4-11,14H2,1-3H3. The summed E-state index contributed by atoms with van der Waals surface area (Å²) in [4.78, 5) is 14.0. The van der Waals surface area contributed by atoms with Crippen LogP contribution in [0.5, 0.6) is 0 Å². The number of allylic oxidation sites excluding steroid dienone is 3. The smallest absolute Gasteiger partial charge is 0.245 e. The van der Waals surface area contributed by atoms with Crippen molar-refractivity contribution in [3.05, 3.63) is 23.4 Å². The first kappa shape index (κ1) is 23.0. The van der Waals surface area contributed by atoms with Crippen molar-refractivity contribution < 1.29 is 17.2 Å². The Morgan fingerprint density at radius 1 is 1.30 bits per heavy atom. The zero-order valence-electron chi connectivity index (χ0n) is 18.0. The molecule has 5 nitrogen and oxygen atoms in total. The second kappa shape index (κ2) is 8.81. The molecule has 0 radical (unpaired) electrons. The van der Waals surface area contributed by atoms with E-state index in [1.807, 2.05) is 25.3 Å². The van der Waals surface area contributed by atoms with Gasteiger partial charge in [-0.05, 0) is 57.3 Å². The Labute approximate surface area is 178 Å². The summed E-state index contributed by atoms with van der Waals surface area (Å²) in [6.45, 7) is 3.31. The molecule has 0 bridgehead atoms. The normalized spacial score (nSPS) is 24.2. The summed E-state index contributed by atoms with van der Waals surface area (Å²) in [5, 5.41) is 0. The lowest BCUT2D eigenvalue weighted by atomic mass is 9.87. The lowest BCUT2D eigenvalue weighted by molar-refractivity contribution is 0.0151. The van der Waals surface area contributed by atoms with Gasteiger partial charge in [-0.2, -0.15) is 0 Å². The van der Waals surface area contributed by atoms with Crippen LogP contribution in [0.25, 0.3) is 0 Å². The van der Waals surface area contributed by atoms with E-state index in [1.165, 1.54) is 6.26 Å². The number of fused-ring (bicyclic) bond motifs is 1. The fourth-order valence-electron chi connectivity index (χ4n) is 4.29. The van der Waals surface area contributed by atoms with Crippen LogP contribution in [-0.2, 0) is 9.84 Å². The van der Waals surface area contributed by atoms with Crippen molar-refractivity contribution in [1.29, 1.82) is 0 Å². The highest BCUT2D eigenvalue weighted by Crippen LogP contribution is 2.37. The van der Waals surface area contributed by atoms with E-state index in [0.717, 1.165) is 49.6 Å². The van der Waals surface area contributed by atoms with Gasteiger partial charge in [-0.1, -0.05) is 12.8 Å². The highest BCUT2D eigenvalue weighted by molar-refractivity contribution is 7.90. The highest BCUT2D eigenvalue weighted by Gasteiger charge is 2.34. The number of aliphatic imine (C=N–C) groups is 3. The van der Waals surface area contributed by atoms with E-state index in [9.17, 15) is 17.2 Å². The summed E-state index contributed by atoms with van der Waals surface area (Å²) in [5.41, 5.74) is 3.06. The van der Waals surface area contributed by atoms with Crippen LogP contribution >= 0.6 is 0 Å². The summed E-state index contributed by atoms with van der Waals surface area (Å²) in [6, 6.07) is 0. The Hall–Kier alpha value is -1.70. The van der Waals surface area contributed by atoms with Crippen LogP contribution in [0.3, 0.4) is 0 Å². The molecule has 0 saturated heterocycles. The molecule has 3 rings (SSSR count). The van der Waals surface area contributed by atoms with Gasteiger partial charge in [-0.25, -0.2) is 17.2 Å². The maximum atomic E-state index is 13.2. The van der Waals surface area contributed by atoms with Gasteiger partial charge >= 0.3 is 0 Å². The second-order valence-electron chi connectivity index (χ2n) is 8.99. The summed E-state index contributed by atoms with van der Waals surface area (Å²) < 4.78 is 49.7. The number of alkyl halides is 2. The lowest BCUT2D eigenvalue weighted by Crippen LogP contribution is -2.30. The van der Waals surface area contributed by atoms with E-state index in [4.69, 9.17) is 4.99 Å². The first-order valence-electron chi connectivity index (χ1n) is 10.6. The molecule has 0 amide bonds. The number of sulfone groups is 1. The minimum absolute atomic E-state index is 0.0308. The van der Waals surface area contributed by atoms with E-state index >= 15 is 0 Å². The maximum Gasteiger partial charge on any atom is 0.245 e. The van der Waals surface area contributed by atoms with E-state index < -0.39 is 15.8 Å². The van der Waals surface area contributed by atoms with E-state index in [-0.39, 0.29) is 30.1 Å². The van der Waals surface area contributed by atoms with Crippen LogP contribution in [-0.4, -0.2) is 56.1 Å². The minimum Gasteiger partial charge on any atom is -0.289 e. The number of rotatable bonds is 8. The molecule has 0 aromatic heterocycles. The quantitative estimate of drug-likeness (QED) is 0.519. The molecule has 1 aliphatic carbocycles. The van der Waals surface area contributed by atoms with Crippen molar-refractivity contribution in [3.8, 4) is 0 Å². The molecule has 0 N–H and O–H groups in total. The minimum atomic E-state index is -3.04. The predicted octanol–water partition coefficient (Wildman–Crippen LogP) is 4.60. The van der Waals surface area contributed by atoms with Gasteiger partial charge in [0.1, 0.15) is 9.84 Å².